The molecule has 0 saturated heterocycles. The summed E-state index contributed by atoms with van der Waals surface area (Å²) < 4.78 is 4.62. The molecular weight excluding hydrogens is 254 g/mol. The Morgan fingerprint density at radius 2 is 2.29 bits per heavy atom. The zero-order valence-electron chi connectivity index (χ0n) is 10.1. The van der Waals surface area contributed by atoms with E-state index in [0.717, 1.165) is 34.3 Å². The summed E-state index contributed by atoms with van der Waals surface area (Å²) in [6.07, 6.45) is 5.87. The summed E-state index contributed by atoms with van der Waals surface area (Å²) in [7, 11) is 2.17. The molecular formula is C12H18ClN3S. The first-order chi connectivity index (χ1) is 8.22. The summed E-state index contributed by atoms with van der Waals surface area (Å²) in [6, 6.07) is 0. The maximum atomic E-state index is 6.03. The molecule has 2 aliphatic carbocycles. The van der Waals surface area contributed by atoms with Crippen LogP contribution in [0.4, 0.5) is 0 Å². The van der Waals surface area contributed by atoms with Crippen LogP contribution in [0.2, 0.25) is 4.34 Å². The van der Waals surface area contributed by atoms with Gasteiger partial charge < -0.3 is 4.90 Å². The Morgan fingerprint density at radius 3 is 2.88 bits per heavy atom. The minimum atomic E-state index is 0.741. The SMILES string of the molecule is CN(Cc1nnsc1Cl)CC1CC2CCC1C2. The Morgan fingerprint density at radius 1 is 1.41 bits per heavy atom. The second-order valence-corrected chi connectivity index (χ2v) is 6.98. The maximum absolute atomic E-state index is 6.03. The van der Waals surface area contributed by atoms with Crippen molar-refractivity contribution in [2.45, 2.75) is 32.2 Å². The van der Waals surface area contributed by atoms with E-state index in [1.807, 2.05) is 0 Å². The van der Waals surface area contributed by atoms with Gasteiger partial charge in [-0.05, 0) is 44.1 Å². The van der Waals surface area contributed by atoms with Gasteiger partial charge in [-0.25, -0.2) is 0 Å². The average molecular weight is 272 g/mol. The minimum absolute atomic E-state index is 0.741. The fourth-order valence-electron chi connectivity index (χ4n) is 3.61. The molecule has 0 aromatic carbocycles. The fraction of sp³-hybridized carbons (Fsp3) is 0.833. The molecule has 3 atom stereocenters. The lowest BCUT2D eigenvalue weighted by molar-refractivity contribution is 0.213. The average Bonchev–Trinajstić information content (AvgIpc) is 2.96. The second-order valence-electron chi connectivity index (χ2n) is 5.63. The van der Waals surface area contributed by atoms with E-state index in [9.17, 15) is 0 Å². The molecule has 1 heterocycles. The third-order valence-electron chi connectivity index (χ3n) is 4.36. The molecule has 1 aromatic heterocycles. The zero-order chi connectivity index (χ0) is 11.8. The van der Waals surface area contributed by atoms with Gasteiger partial charge in [0, 0.05) is 24.6 Å². The summed E-state index contributed by atoms with van der Waals surface area (Å²) in [6.45, 7) is 2.03. The summed E-state index contributed by atoms with van der Waals surface area (Å²) in [5, 5.41) is 4.07. The molecule has 94 valence electrons. The molecule has 0 amide bonds. The highest BCUT2D eigenvalue weighted by atomic mass is 35.5. The van der Waals surface area contributed by atoms with Gasteiger partial charge in [-0.2, -0.15) is 0 Å². The molecule has 5 heteroatoms. The summed E-state index contributed by atoms with van der Waals surface area (Å²) in [5.41, 5.74) is 0.933. The van der Waals surface area contributed by atoms with Gasteiger partial charge in [0.1, 0.15) is 10.0 Å². The first-order valence-electron chi connectivity index (χ1n) is 6.37. The first kappa shape index (κ1) is 11.9. The Balaban J connectivity index is 1.54. The first-order valence-corrected chi connectivity index (χ1v) is 7.52. The van der Waals surface area contributed by atoms with Gasteiger partial charge in [0.05, 0.1) is 0 Å². The number of rotatable bonds is 4. The number of aromatic nitrogens is 2. The van der Waals surface area contributed by atoms with E-state index in [1.165, 1.54) is 43.8 Å². The lowest BCUT2D eigenvalue weighted by Gasteiger charge is -2.26. The number of hydrogen-bond acceptors (Lipinski definition) is 4. The largest absolute Gasteiger partial charge is 0.300 e. The van der Waals surface area contributed by atoms with Crippen molar-refractivity contribution in [3.05, 3.63) is 10.0 Å². The van der Waals surface area contributed by atoms with Crippen LogP contribution < -0.4 is 0 Å². The van der Waals surface area contributed by atoms with Gasteiger partial charge in [0.2, 0.25) is 0 Å². The number of halogens is 1. The lowest BCUT2D eigenvalue weighted by Crippen LogP contribution is -2.28. The van der Waals surface area contributed by atoms with E-state index in [-0.39, 0.29) is 0 Å². The van der Waals surface area contributed by atoms with Crippen LogP contribution in [0.25, 0.3) is 0 Å². The normalized spacial score (nSPS) is 31.6. The Labute approximate surface area is 111 Å². The predicted octanol–water partition coefficient (Wildman–Crippen LogP) is 3.06. The van der Waals surface area contributed by atoms with E-state index in [2.05, 4.69) is 21.5 Å². The molecule has 3 nitrogen and oxygen atoms in total. The van der Waals surface area contributed by atoms with Crippen molar-refractivity contribution in [1.29, 1.82) is 0 Å². The van der Waals surface area contributed by atoms with Crippen LogP contribution in [0.15, 0.2) is 0 Å². The topological polar surface area (TPSA) is 29.0 Å². The van der Waals surface area contributed by atoms with Gasteiger partial charge in [0.15, 0.2) is 0 Å². The van der Waals surface area contributed by atoms with Crippen LogP contribution in [0.3, 0.4) is 0 Å². The highest BCUT2D eigenvalue weighted by Crippen LogP contribution is 2.48. The smallest absolute Gasteiger partial charge is 0.138 e. The standard InChI is InChI=1S/C12H18ClN3S/c1-16(7-11-12(13)17-15-14-11)6-10-5-8-2-3-9(10)4-8/h8-10H,2-7H2,1H3. The van der Waals surface area contributed by atoms with Gasteiger partial charge in [0.25, 0.3) is 0 Å². The third-order valence-corrected chi connectivity index (χ3v) is 5.34. The van der Waals surface area contributed by atoms with Gasteiger partial charge in [-0.15, -0.1) is 5.10 Å². The van der Waals surface area contributed by atoms with Crippen molar-refractivity contribution in [2.75, 3.05) is 13.6 Å². The molecule has 2 fully saturated rings. The monoisotopic (exact) mass is 271 g/mol. The van der Waals surface area contributed by atoms with Crippen molar-refractivity contribution < 1.29 is 0 Å². The van der Waals surface area contributed by atoms with Crippen LogP contribution in [-0.2, 0) is 6.54 Å². The van der Waals surface area contributed by atoms with E-state index < -0.39 is 0 Å². The lowest BCUT2D eigenvalue weighted by atomic mass is 9.88. The van der Waals surface area contributed by atoms with Gasteiger partial charge in [-0.1, -0.05) is 22.5 Å². The van der Waals surface area contributed by atoms with Crippen LogP contribution >= 0.6 is 23.1 Å². The molecule has 0 aliphatic heterocycles. The Bertz CT molecular complexity index is 395. The highest BCUT2D eigenvalue weighted by Gasteiger charge is 2.39. The van der Waals surface area contributed by atoms with Crippen LogP contribution in [0.5, 0.6) is 0 Å². The molecule has 2 aliphatic rings. The van der Waals surface area contributed by atoms with Crippen LogP contribution in [0.1, 0.15) is 31.4 Å². The molecule has 0 N–H and O–H groups in total. The Hall–Kier alpha value is -0.190. The molecule has 17 heavy (non-hydrogen) atoms. The summed E-state index contributed by atoms with van der Waals surface area (Å²) in [4.78, 5) is 2.36. The third kappa shape index (κ3) is 2.49. The number of hydrogen-bond donors (Lipinski definition) is 0. The van der Waals surface area contributed by atoms with Gasteiger partial charge in [-0.3, -0.25) is 0 Å². The summed E-state index contributed by atoms with van der Waals surface area (Å²) >= 11 is 7.31. The maximum Gasteiger partial charge on any atom is 0.138 e. The van der Waals surface area contributed by atoms with Crippen molar-refractivity contribution in [2.24, 2.45) is 17.8 Å². The predicted molar refractivity (Wildman–Crippen MR) is 70.2 cm³/mol. The molecule has 3 rings (SSSR count). The Kier molecular flexibility index (Phi) is 3.37. The molecule has 0 radical (unpaired) electrons. The van der Waals surface area contributed by atoms with Crippen molar-refractivity contribution >= 4 is 23.1 Å². The van der Waals surface area contributed by atoms with Gasteiger partial charge >= 0.3 is 0 Å². The zero-order valence-corrected chi connectivity index (χ0v) is 11.7. The highest BCUT2D eigenvalue weighted by molar-refractivity contribution is 7.10. The second kappa shape index (κ2) is 4.82. The molecule has 0 spiro atoms. The molecule has 2 saturated carbocycles. The van der Waals surface area contributed by atoms with E-state index in [1.54, 1.807) is 0 Å². The quantitative estimate of drug-likeness (QED) is 0.843. The summed E-state index contributed by atoms with van der Waals surface area (Å²) in [5.74, 6) is 2.93. The van der Waals surface area contributed by atoms with Crippen LogP contribution in [0, 0.1) is 17.8 Å². The van der Waals surface area contributed by atoms with E-state index in [0.29, 0.717) is 0 Å². The van der Waals surface area contributed by atoms with Crippen molar-refractivity contribution in [3.63, 3.8) is 0 Å². The van der Waals surface area contributed by atoms with E-state index in [4.69, 9.17) is 11.6 Å². The minimum Gasteiger partial charge on any atom is -0.300 e. The van der Waals surface area contributed by atoms with E-state index >= 15 is 0 Å². The number of fused-ring (bicyclic) bond motifs is 2. The fourth-order valence-corrected chi connectivity index (χ4v) is 4.22. The molecule has 1 aromatic rings. The van der Waals surface area contributed by atoms with Crippen molar-refractivity contribution in [1.82, 2.24) is 14.5 Å². The number of nitrogens with zero attached hydrogens (tertiary/aromatic N) is 3. The van der Waals surface area contributed by atoms with Crippen molar-refractivity contribution in [3.8, 4) is 0 Å². The molecule has 2 bridgehead atoms. The molecule has 3 unspecified atom stereocenters. The van der Waals surface area contributed by atoms with Crippen LogP contribution in [-0.4, -0.2) is 28.1 Å².